The Bertz CT molecular complexity index is 891. The summed E-state index contributed by atoms with van der Waals surface area (Å²) in [5.41, 5.74) is 0. The van der Waals surface area contributed by atoms with Crippen molar-refractivity contribution >= 4 is 11.9 Å². The first kappa shape index (κ1) is 51.8. The third-order valence-corrected chi connectivity index (χ3v) is 12.2. The molecule has 3 unspecified atom stereocenters. The molecule has 326 valence electrons. The number of nitrogens with zero attached hydrogens (tertiary/aromatic N) is 1. The number of hydrogen-bond donors (Lipinski definition) is 0. The minimum absolute atomic E-state index is 0.0214. The fourth-order valence-corrected chi connectivity index (χ4v) is 7.58. The number of unbranched alkanes of at least 4 members (excludes halogenated alkanes) is 12. The normalized spacial score (nSPS) is 18.7. The van der Waals surface area contributed by atoms with Crippen LogP contribution in [0.25, 0.3) is 0 Å². The van der Waals surface area contributed by atoms with Crippen molar-refractivity contribution in [2.45, 2.75) is 228 Å². The molecular formula is C48H93NO6. The van der Waals surface area contributed by atoms with Crippen LogP contribution in [-0.2, 0) is 28.5 Å². The fourth-order valence-electron chi connectivity index (χ4n) is 7.58. The second-order valence-corrected chi connectivity index (χ2v) is 19.3. The molecule has 0 amide bonds. The second-order valence-electron chi connectivity index (χ2n) is 19.3. The molecule has 0 spiro atoms. The van der Waals surface area contributed by atoms with E-state index in [1.807, 2.05) is 0 Å². The Hall–Kier alpha value is -1.18. The quantitative estimate of drug-likeness (QED) is 0.0468. The van der Waals surface area contributed by atoms with E-state index in [0.717, 1.165) is 70.8 Å². The van der Waals surface area contributed by atoms with Crippen molar-refractivity contribution in [1.82, 2.24) is 4.90 Å². The van der Waals surface area contributed by atoms with Crippen LogP contribution in [0.4, 0.5) is 0 Å². The van der Waals surface area contributed by atoms with E-state index in [-0.39, 0.29) is 18.0 Å². The van der Waals surface area contributed by atoms with Crippen LogP contribution in [0.2, 0.25) is 0 Å². The van der Waals surface area contributed by atoms with Crippen LogP contribution in [0.15, 0.2) is 0 Å². The molecule has 1 aliphatic rings. The summed E-state index contributed by atoms with van der Waals surface area (Å²) >= 11 is 0. The molecule has 1 aliphatic heterocycles. The molecule has 0 N–H and O–H groups in total. The SMILES string of the molecule is CC(C)CCC(COC(=O)CCCCCCCCCC1(CCCCCCCCCC(=O)OCC(CCC(C)C)C(C)C)OCC(CN(C)C(C)C)O1)C(C)C. The van der Waals surface area contributed by atoms with E-state index < -0.39 is 5.79 Å². The number of carbonyl (C=O) groups is 2. The van der Waals surface area contributed by atoms with Crippen molar-refractivity contribution in [3.8, 4) is 0 Å². The Morgan fingerprint density at radius 2 is 0.964 bits per heavy atom. The smallest absolute Gasteiger partial charge is 0.305 e. The molecule has 0 aromatic carbocycles. The van der Waals surface area contributed by atoms with Crippen molar-refractivity contribution in [1.29, 1.82) is 0 Å². The lowest BCUT2D eigenvalue weighted by molar-refractivity contribution is -0.180. The summed E-state index contributed by atoms with van der Waals surface area (Å²) in [6, 6.07) is 0.489. The van der Waals surface area contributed by atoms with Gasteiger partial charge in [-0.1, -0.05) is 132 Å². The van der Waals surface area contributed by atoms with E-state index in [2.05, 4.69) is 81.2 Å². The highest BCUT2D eigenvalue weighted by molar-refractivity contribution is 5.69. The van der Waals surface area contributed by atoms with Gasteiger partial charge in [0.1, 0.15) is 0 Å². The van der Waals surface area contributed by atoms with Gasteiger partial charge in [-0.25, -0.2) is 0 Å². The van der Waals surface area contributed by atoms with Crippen molar-refractivity contribution in [2.24, 2.45) is 35.5 Å². The van der Waals surface area contributed by atoms with Gasteiger partial charge in [-0.3, -0.25) is 9.59 Å². The zero-order valence-corrected chi connectivity index (χ0v) is 38.4. The van der Waals surface area contributed by atoms with E-state index >= 15 is 0 Å². The summed E-state index contributed by atoms with van der Waals surface area (Å²) in [6.07, 6.45) is 23.8. The van der Waals surface area contributed by atoms with Gasteiger partial charge in [0.25, 0.3) is 0 Å². The first-order valence-electron chi connectivity index (χ1n) is 23.5. The number of likely N-dealkylation sites (N-methyl/N-ethyl adjacent to an activating group) is 1. The molecule has 0 saturated carbocycles. The zero-order chi connectivity index (χ0) is 41.1. The van der Waals surface area contributed by atoms with Crippen LogP contribution < -0.4 is 0 Å². The Labute approximate surface area is 341 Å². The minimum atomic E-state index is -0.435. The molecule has 1 rings (SSSR count). The highest BCUT2D eigenvalue weighted by Gasteiger charge is 2.40. The third-order valence-electron chi connectivity index (χ3n) is 12.2. The molecule has 1 heterocycles. The number of rotatable bonds is 35. The molecule has 0 radical (unpaired) electrons. The van der Waals surface area contributed by atoms with Gasteiger partial charge in [0.2, 0.25) is 0 Å². The number of carbonyl (C=O) groups excluding carboxylic acids is 2. The van der Waals surface area contributed by atoms with Gasteiger partial charge in [0.15, 0.2) is 5.79 Å². The lowest BCUT2D eigenvalue weighted by atomic mass is 9.89. The van der Waals surface area contributed by atoms with Crippen LogP contribution in [0, 0.1) is 35.5 Å². The van der Waals surface area contributed by atoms with Gasteiger partial charge in [0.05, 0.1) is 25.9 Å². The van der Waals surface area contributed by atoms with Gasteiger partial charge in [0, 0.05) is 38.3 Å². The summed E-state index contributed by atoms with van der Waals surface area (Å²) in [6.45, 7) is 25.2. The third kappa shape index (κ3) is 26.4. The maximum Gasteiger partial charge on any atom is 0.305 e. The molecule has 7 heteroatoms. The van der Waals surface area contributed by atoms with Crippen LogP contribution in [-0.4, -0.2) is 68.2 Å². The molecule has 7 nitrogen and oxygen atoms in total. The Morgan fingerprint density at radius 1 is 0.582 bits per heavy atom. The molecule has 0 aromatic rings. The summed E-state index contributed by atoms with van der Waals surface area (Å²) in [5.74, 6) is 2.94. The average Bonchev–Trinajstić information content (AvgIpc) is 3.51. The maximum absolute atomic E-state index is 12.4. The summed E-state index contributed by atoms with van der Waals surface area (Å²) < 4.78 is 24.6. The standard InChI is InChI=1S/C48H93NO6/c1-38(2)28-30-43(40(5)6)35-52-46(50)26-22-18-14-12-16-20-24-32-48(54-37-45(55-48)34-49(11)42(9)10)33-25-21-17-13-15-19-23-27-47(51)53-36-44(41(7)8)31-29-39(3)4/h38-45H,12-37H2,1-11H3. The van der Waals surface area contributed by atoms with Gasteiger partial charge in [-0.05, 0) is 94.9 Å². The first-order valence-corrected chi connectivity index (χ1v) is 23.5. The predicted molar refractivity (Wildman–Crippen MR) is 231 cm³/mol. The highest BCUT2D eigenvalue weighted by Crippen LogP contribution is 2.35. The van der Waals surface area contributed by atoms with E-state index in [1.165, 1.54) is 64.2 Å². The second kappa shape index (κ2) is 30.8. The largest absolute Gasteiger partial charge is 0.465 e. The van der Waals surface area contributed by atoms with E-state index in [1.54, 1.807) is 0 Å². The van der Waals surface area contributed by atoms with Gasteiger partial charge in [-0.2, -0.15) is 0 Å². The van der Waals surface area contributed by atoms with E-state index in [0.29, 0.717) is 74.2 Å². The molecular weight excluding hydrogens is 687 g/mol. The average molecular weight is 780 g/mol. The topological polar surface area (TPSA) is 74.3 Å². The first-order chi connectivity index (χ1) is 26.1. The van der Waals surface area contributed by atoms with Gasteiger partial charge >= 0.3 is 11.9 Å². The van der Waals surface area contributed by atoms with E-state index in [9.17, 15) is 9.59 Å². The lowest BCUT2D eigenvalue weighted by Crippen LogP contribution is -2.37. The van der Waals surface area contributed by atoms with Crippen molar-refractivity contribution in [2.75, 3.05) is 33.4 Å². The van der Waals surface area contributed by atoms with Crippen LogP contribution >= 0.6 is 0 Å². The summed E-state index contributed by atoms with van der Waals surface area (Å²) in [7, 11) is 2.17. The molecule has 3 atom stereocenters. The zero-order valence-electron chi connectivity index (χ0n) is 38.4. The molecule has 0 bridgehead atoms. The monoisotopic (exact) mass is 780 g/mol. The minimum Gasteiger partial charge on any atom is -0.465 e. The van der Waals surface area contributed by atoms with Crippen LogP contribution in [0.3, 0.4) is 0 Å². The molecule has 1 fully saturated rings. The number of ether oxygens (including phenoxy) is 4. The fraction of sp³-hybridized carbons (Fsp3) is 0.958. The Morgan fingerprint density at radius 3 is 1.33 bits per heavy atom. The summed E-state index contributed by atoms with van der Waals surface area (Å²) in [4.78, 5) is 27.1. The maximum atomic E-state index is 12.4. The molecule has 55 heavy (non-hydrogen) atoms. The Kier molecular flexibility index (Phi) is 29.1. The van der Waals surface area contributed by atoms with Crippen LogP contribution in [0.1, 0.15) is 210 Å². The molecule has 0 aliphatic carbocycles. The van der Waals surface area contributed by atoms with Crippen molar-refractivity contribution < 1.29 is 28.5 Å². The Balaban J connectivity index is 2.29. The molecule has 0 aromatic heterocycles. The lowest BCUT2D eigenvalue weighted by Gasteiger charge is -2.30. The predicted octanol–water partition coefficient (Wildman–Crippen LogP) is 13.0. The molecule has 1 saturated heterocycles. The number of esters is 2. The van der Waals surface area contributed by atoms with Crippen LogP contribution in [0.5, 0.6) is 0 Å². The number of hydrogen-bond acceptors (Lipinski definition) is 7. The van der Waals surface area contributed by atoms with Gasteiger partial charge < -0.3 is 23.8 Å². The van der Waals surface area contributed by atoms with Gasteiger partial charge in [-0.15, -0.1) is 0 Å². The summed E-state index contributed by atoms with van der Waals surface area (Å²) in [5, 5.41) is 0. The van der Waals surface area contributed by atoms with Crippen molar-refractivity contribution in [3.05, 3.63) is 0 Å². The highest BCUT2D eigenvalue weighted by atomic mass is 16.7. The van der Waals surface area contributed by atoms with E-state index in [4.69, 9.17) is 18.9 Å². The van der Waals surface area contributed by atoms with Crippen molar-refractivity contribution in [3.63, 3.8) is 0 Å².